The molecule has 1 unspecified atom stereocenters. The Bertz CT molecular complexity index is 818. The number of hydrogen-bond acceptors (Lipinski definition) is 5. The molecule has 0 saturated carbocycles. The summed E-state index contributed by atoms with van der Waals surface area (Å²) in [6, 6.07) is 4.11. The molecule has 0 aromatic heterocycles. The first-order valence-corrected chi connectivity index (χ1v) is 9.27. The van der Waals surface area contributed by atoms with Gasteiger partial charge < -0.3 is 4.90 Å². The number of anilines is 1. The minimum atomic E-state index is -4.73. The predicted octanol–water partition coefficient (Wildman–Crippen LogP) is 0.894. The SMILES string of the molecule is Cc1ccc(N2CC(CS(=O)(=O)F)CC2=O)c(S(=O)(=O)O)c1. The van der Waals surface area contributed by atoms with E-state index in [1.165, 1.54) is 12.1 Å². The van der Waals surface area contributed by atoms with Crippen molar-refractivity contribution in [1.82, 2.24) is 0 Å². The summed E-state index contributed by atoms with van der Waals surface area (Å²) in [6.45, 7) is 1.48. The van der Waals surface area contributed by atoms with Crippen LogP contribution < -0.4 is 4.90 Å². The van der Waals surface area contributed by atoms with Crippen LogP contribution in [0.25, 0.3) is 0 Å². The number of aryl methyl sites for hydroxylation is 1. The molecule has 0 aliphatic carbocycles. The van der Waals surface area contributed by atoms with Gasteiger partial charge in [0.05, 0.1) is 11.4 Å². The molecule has 1 heterocycles. The Morgan fingerprint density at radius 1 is 1.32 bits per heavy atom. The summed E-state index contributed by atoms with van der Waals surface area (Å²) in [4.78, 5) is 12.6. The van der Waals surface area contributed by atoms with E-state index in [2.05, 4.69) is 0 Å². The first-order valence-electron chi connectivity index (χ1n) is 6.28. The van der Waals surface area contributed by atoms with Gasteiger partial charge in [-0.2, -0.15) is 16.8 Å². The molecule has 10 heteroatoms. The zero-order valence-electron chi connectivity index (χ0n) is 11.6. The molecule has 2 rings (SSSR count). The molecule has 1 atom stereocenters. The van der Waals surface area contributed by atoms with Gasteiger partial charge in [-0.3, -0.25) is 9.35 Å². The van der Waals surface area contributed by atoms with Crippen LogP contribution in [-0.2, 0) is 25.1 Å². The summed E-state index contributed by atoms with van der Waals surface area (Å²) in [5.74, 6) is -2.09. The van der Waals surface area contributed by atoms with E-state index in [0.29, 0.717) is 5.56 Å². The highest BCUT2D eigenvalue weighted by atomic mass is 32.3. The molecule has 122 valence electrons. The normalized spacial score (nSPS) is 19.7. The minimum Gasteiger partial charge on any atom is -0.311 e. The quantitative estimate of drug-likeness (QED) is 0.637. The van der Waals surface area contributed by atoms with Crippen LogP contribution in [0.1, 0.15) is 12.0 Å². The largest absolute Gasteiger partial charge is 0.311 e. The van der Waals surface area contributed by atoms with Crippen molar-refractivity contribution in [2.75, 3.05) is 17.2 Å². The van der Waals surface area contributed by atoms with Gasteiger partial charge in [-0.1, -0.05) is 6.07 Å². The van der Waals surface area contributed by atoms with Crippen molar-refractivity contribution in [1.29, 1.82) is 0 Å². The van der Waals surface area contributed by atoms with Crippen molar-refractivity contribution in [2.45, 2.75) is 18.2 Å². The van der Waals surface area contributed by atoms with Gasteiger partial charge in [0, 0.05) is 18.9 Å². The van der Waals surface area contributed by atoms with E-state index in [0.717, 1.165) is 4.90 Å². The fraction of sp³-hybridized carbons (Fsp3) is 0.417. The molecule has 0 radical (unpaired) electrons. The average Bonchev–Trinajstić information content (AvgIpc) is 2.66. The van der Waals surface area contributed by atoms with Crippen molar-refractivity contribution < 1.29 is 30.1 Å². The van der Waals surface area contributed by atoms with Gasteiger partial charge in [0.1, 0.15) is 4.90 Å². The molecule has 0 bridgehead atoms. The Morgan fingerprint density at radius 2 is 1.95 bits per heavy atom. The van der Waals surface area contributed by atoms with Gasteiger partial charge in [-0.15, -0.1) is 3.89 Å². The number of hydrogen-bond donors (Lipinski definition) is 1. The Balaban J connectivity index is 2.39. The molecule has 1 N–H and O–H groups in total. The number of benzene rings is 1. The van der Waals surface area contributed by atoms with Crippen molar-refractivity contribution in [3.63, 3.8) is 0 Å². The lowest BCUT2D eigenvalue weighted by Crippen LogP contribution is -2.27. The second kappa shape index (κ2) is 5.60. The number of amides is 1. The zero-order valence-corrected chi connectivity index (χ0v) is 13.2. The smallest absolute Gasteiger partial charge is 0.302 e. The zero-order chi connectivity index (χ0) is 16.7. The number of halogens is 1. The molecule has 1 saturated heterocycles. The van der Waals surface area contributed by atoms with E-state index in [-0.39, 0.29) is 18.7 Å². The highest BCUT2D eigenvalue weighted by Gasteiger charge is 2.35. The Labute approximate surface area is 127 Å². The van der Waals surface area contributed by atoms with E-state index in [1.807, 2.05) is 0 Å². The number of carbonyl (C=O) groups is 1. The van der Waals surface area contributed by atoms with Crippen molar-refractivity contribution in [2.24, 2.45) is 5.92 Å². The van der Waals surface area contributed by atoms with Crippen LogP contribution >= 0.6 is 0 Å². The van der Waals surface area contributed by atoms with Gasteiger partial charge in [0.15, 0.2) is 0 Å². The van der Waals surface area contributed by atoms with E-state index >= 15 is 0 Å². The van der Waals surface area contributed by atoms with Crippen LogP contribution in [0.4, 0.5) is 9.57 Å². The van der Waals surface area contributed by atoms with Crippen LogP contribution in [0.2, 0.25) is 0 Å². The molecule has 0 spiro atoms. The van der Waals surface area contributed by atoms with Crippen molar-refractivity contribution in [3.05, 3.63) is 23.8 Å². The first kappa shape index (κ1) is 16.8. The van der Waals surface area contributed by atoms with Crippen LogP contribution in [0.3, 0.4) is 0 Å². The summed E-state index contributed by atoms with van der Waals surface area (Å²) in [7, 11) is -9.28. The number of carbonyl (C=O) groups excluding carboxylic acids is 1. The molecule has 1 fully saturated rings. The molecule has 1 aromatic carbocycles. The van der Waals surface area contributed by atoms with Gasteiger partial charge in [-0.25, -0.2) is 0 Å². The van der Waals surface area contributed by atoms with Crippen LogP contribution in [0.5, 0.6) is 0 Å². The molecule has 1 aliphatic rings. The monoisotopic (exact) mass is 351 g/mol. The third kappa shape index (κ3) is 3.81. The maximum atomic E-state index is 12.7. The fourth-order valence-corrected chi connectivity index (χ4v) is 4.02. The maximum absolute atomic E-state index is 12.7. The maximum Gasteiger partial charge on any atom is 0.302 e. The topological polar surface area (TPSA) is 109 Å². The van der Waals surface area contributed by atoms with Gasteiger partial charge in [0.25, 0.3) is 10.1 Å². The standard InChI is InChI=1S/C12H14FNO6S2/c1-8-2-3-10(11(4-8)22(18,19)20)14-6-9(5-12(14)15)7-21(13,16)17/h2-4,9H,5-7H2,1H3,(H,18,19,20). The predicted molar refractivity (Wildman–Crippen MR) is 76.3 cm³/mol. The third-order valence-electron chi connectivity index (χ3n) is 3.32. The summed E-state index contributed by atoms with van der Waals surface area (Å²) < 4.78 is 66.2. The highest BCUT2D eigenvalue weighted by Crippen LogP contribution is 2.32. The van der Waals surface area contributed by atoms with Crippen LogP contribution in [0.15, 0.2) is 23.1 Å². The number of rotatable bonds is 4. The van der Waals surface area contributed by atoms with E-state index in [4.69, 9.17) is 0 Å². The average molecular weight is 351 g/mol. The van der Waals surface area contributed by atoms with Crippen molar-refractivity contribution >= 4 is 31.9 Å². The molecule has 7 nitrogen and oxygen atoms in total. The second-order valence-electron chi connectivity index (χ2n) is 5.23. The van der Waals surface area contributed by atoms with Gasteiger partial charge >= 0.3 is 10.2 Å². The highest BCUT2D eigenvalue weighted by molar-refractivity contribution is 7.86. The Hall–Kier alpha value is -1.52. The van der Waals surface area contributed by atoms with Crippen molar-refractivity contribution in [3.8, 4) is 0 Å². The lowest BCUT2D eigenvalue weighted by atomic mass is 10.1. The fourth-order valence-electron chi connectivity index (χ4n) is 2.46. The molecular weight excluding hydrogens is 337 g/mol. The lowest BCUT2D eigenvalue weighted by molar-refractivity contribution is -0.117. The van der Waals surface area contributed by atoms with Gasteiger partial charge in [-0.05, 0) is 24.6 Å². The molecule has 22 heavy (non-hydrogen) atoms. The minimum absolute atomic E-state index is 0.0446. The van der Waals surface area contributed by atoms with Crippen LogP contribution in [-0.4, -0.2) is 39.6 Å². The van der Waals surface area contributed by atoms with E-state index in [1.54, 1.807) is 13.0 Å². The Kier molecular flexibility index (Phi) is 4.28. The molecule has 1 aliphatic heterocycles. The first-order chi connectivity index (χ1) is 9.97. The van der Waals surface area contributed by atoms with E-state index < -0.39 is 42.8 Å². The molecule has 1 amide bonds. The number of nitrogens with zero attached hydrogens (tertiary/aromatic N) is 1. The summed E-state index contributed by atoms with van der Waals surface area (Å²) in [5, 5.41) is 0. The van der Waals surface area contributed by atoms with E-state index in [9.17, 15) is 30.1 Å². The lowest BCUT2D eigenvalue weighted by Gasteiger charge is -2.19. The summed E-state index contributed by atoms with van der Waals surface area (Å²) in [5.41, 5.74) is 0.516. The summed E-state index contributed by atoms with van der Waals surface area (Å²) >= 11 is 0. The molecular formula is C12H14FNO6S2. The van der Waals surface area contributed by atoms with Crippen LogP contribution in [0, 0.1) is 12.8 Å². The van der Waals surface area contributed by atoms with Gasteiger partial charge in [0.2, 0.25) is 5.91 Å². The Morgan fingerprint density at radius 3 is 2.50 bits per heavy atom. The third-order valence-corrected chi connectivity index (χ3v) is 5.08. The second-order valence-corrected chi connectivity index (χ2v) is 8.03. The summed E-state index contributed by atoms with van der Waals surface area (Å²) in [6.07, 6.45) is -0.206. The molecule has 1 aromatic rings.